The lowest BCUT2D eigenvalue weighted by atomic mass is 10.1. The molecule has 0 spiro atoms. The third-order valence-electron chi connectivity index (χ3n) is 2.56. The number of halogens is 1. The van der Waals surface area contributed by atoms with Crippen LogP contribution in [0.5, 0.6) is 0 Å². The summed E-state index contributed by atoms with van der Waals surface area (Å²) in [7, 11) is 2.01. The van der Waals surface area contributed by atoms with Crippen LogP contribution in [0.3, 0.4) is 0 Å². The summed E-state index contributed by atoms with van der Waals surface area (Å²) in [4.78, 5) is 6.49. The second-order valence-corrected chi connectivity index (χ2v) is 4.53. The van der Waals surface area contributed by atoms with Crippen molar-refractivity contribution in [1.29, 1.82) is 0 Å². The van der Waals surface area contributed by atoms with Gasteiger partial charge in [0.15, 0.2) is 0 Å². The van der Waals surface area contributed by atoms with Crippen molar-refractivity contribution >= 4 is 32.5 Å². The quantitative estimate of drug-likeness (QED) is 0.938. The van der Waals surface area contributed by atoms with Crippen molar-refractivity contribution in [3.63, 3.8) is 0 Å². The molecule has 0 radical (unpaired) electrons. The molecule has 0 fully saturated rings. The molecule has 0 saturated carbocycles. The van der Waals surface area contributed by atoms with Gasteiger partial charge < -0.3 is 10.6 Å². The van der Waals surface area contributed by atoms with Crippen LogP contribution in [-0.4, -0.2) is 25.1 Å². The van der Waals surface area contributed by atoms with E-state index in [4.69, 9.17) is 5.73 Å². The second-order valence-electron chi connectivity index (χ2n) is 3.68. The Kier molecular flexibility index (Phi) is 3.41. The van der Waals surface area contributed by atoms with Gasteiger partial charge in [0.2, 0.25) is 0 Å². The number of fused-ring (bicyclic) bond motifs is 1. The lowest BCUT2D eigenvalue weighted by Crippen LogP contribution is -2.25. The minimum Gasteiger partial charge on any atom is -0.358 e. The Morgan fingerprint density at radius 3 is 2.88 bits per heavy atom. The van der Waals surface area contributed by atoms with E-state index in [2.05, 4.69) is 31.9 Å². The lowest BCUT2D eigenvalue weighted by molar-refractivity contribution is 0.873. The third kappa shape index (κ3) is 2.03. The van der Waals surface area contributed by atoms with E-state index in [1.165, 1.54) is 5.39 Å². The van der Waals surface area contributed by atoms with E-state index in [0.29, 0.717) is 6.54 Å². The molecule has 1 aromatic carbocycles. The first-order valence-electron chi connectivity index (χ1n) is 5.18. The first kappa shape index (κ1) is 11.4. The molecule has 0 atom stereocenters. The van der Waals surface area contributed by atoms with Crippen LogP contribution in [0, 0.1) is 0 Å². The second kappa shape index (κ2) is 4.80. The highest BCUT2D eigenvalue weighted by Gasteiger charge is 2.07. The SMILES string of the molecule is CN(CCN)c1nccc2c(Br)cccc12. The molecule has 0 bridgehead atoms. The fourth-order valence-corrected chi connectivity index (χ4v) is 2.26. The highest BCUT2D eigenvalue weighted by Crippen LogP contribution is 2.28. The summed E-state index contributed by atoms with van der Waals surface area (Å²) in [6.07, 6.45) is 1.83. The smallest absolute Gasteiger partial charge is 0.136 e. The van der Waals surface area contributed by atoms with Crippen LogP contribution in [0.1, 0.15) is 0 Å². The van der Waals surface area contributed by atoms with E-state index in [1.54, 1.807) is 0 Å². The fraction of sp³-hybridized carbons (Fsp3) is 0.250. The van der Waals surface area contributed by atoms with Gasteiger partial charge in [0.1, 0.15) is 5.82 Å². The molecule has 0 aliphatic carbocycles. The number of hydrogen-bond donors (Lipinski definition) is 1. The highest BCUT2D eigenvalue weighted by molar-refractivity contribution is 9.10. The van der Waals surface area contributed by atoms with Crippen LogP contribution >= 0.6 is 15.9 Å². The fourth-order valence-electron chi connectivity index (χ4n) is 1.76. The first-order chi connectivity index (χ1) is 7.74. The van der Waals surface area contributed by atoms with E-state index < -0.39 is 0 Å². The van der Waals surface area contributed by atoms with Crippen molar-refractivity contribution in [3.05, 3.63) is 34.9 Å². The zero-order valence-corrected chi connectivity index (χ0v) is 10.7. The Morgan fingerprint density at radius 1 is 1.31 bits per heavy atom. The molecule has 4 heteroatoms. The van der Waals surface area contributed by atoms with Gasteiger partial charge in [-0.25, -0.2) is 4.98 Å². The van der Waals surface area contributed by atoms with E-state index in [9.17, 15) is 0 Å². The van der Waals surface area contributed by atoms with E-state index in [-0.39, 0.29) is 0 Å². The number of pyridine rings is 1. The molecule has 0 unspecified atom stereocenters. The number of rotatable bonds is 3. The Labute approximate surface area is 103 Å². The standard InChI is InChI=1S/C12H14BrN3/c1-16(8-6-14)12-10-3-2-4-11(13)9(10)5-7-15-12/h2-5,7H,6,8,14H2,1H3. The van der Waals surface area contributed by atoms with Gasteiger partial charge in [-0.2, -0.15) is 0 Å². The molecule has 3 nitrogen and oxygen atoms in total. The lowest BCUT2D eigenvalue weighted by Gasteiger charge is -2.19. The van der Waals surface area contributed by atoms with Crippen molar-refractivity contribution in [3.8, 4) is 0 Å². The number of likely N-dealkylation sites (N-methyl/N-ethyl adjacent to an activating group) is 1. The third-order valence-corrected chi connectivity index (χ3v) is 3.25. The molecule has 2 rings (SSSR count). The molecule has 0 aliphatic heterocycles. The molecule has 0 saturated heterocycles. The predicted octanol–water partition coefficient (Wildman–Crippen LogP) is 2.39. The molecule has 2 N–H and O–H groups in total. The molecule has 16 heavy (non-hydrogen) atoms. The minimum atomic E-state index is 0.628. The Balaban J connectivity index is 2.58. The predicted molar refractivity (Wildman–Crippen MR) is 71.8 cm³/mol. The first-order valence-corrected chi connectivity index (χ1v) is 5.98. The topological polar surface area (TPSA) is 42.1 Å². The Hall–Kier alpha value is -1.13. The van der Waals surface area contributed by atoms with Gasteiger partial charge in [-0.3, -0.25) is 0 Å². The summed E-state index contributed by atoms with van der Waals surface area (Å²) in [5.41, 5.74) is 5.56. The van der Waals surface area contributed by atoms with Crippen molar-refractivity contribution < 1.29 is 0 Å². The van der Waals surface area contributed by atoms with Gasteiger partial charge in [-0.15, -0.1) is 0 Å². The molecule has 1 aromatic heterocycles. The van der Waals surface area contributed by atoms with Gasteiger partial charge in [0.05, 0.1) is 0 Å². The number of nitrogens with two attached hydrogens (primary N) is 1. The van der Waals surface area contributed by atoms with Gasteiger partial charge >= 0.3 is 0 Å². The maximum Gasteiger partial charge on any atom is 0.136 e. The number of anilines is 1. The van der Waals surface area contributed by atoms with E-state index in [1.807, 2.05) is 31.4 Å². The average molecular weight is 280 g/mol. The molecular weight excluding hydrogens is 266 g/mol. The van der Waals surface area contributed by atoms with Crippen molar-refractivity contribution in [1.82, 2.24) is 4.98 Å². The number of aromatic nitrogens is 1. The van der Waals surface area contributed by atoms with E-state index >= 15 is 0 Å². The Bertz CT molecular complexity index is 499. The van der Waals surface area contributed by atoms with Crippen molar-refractivity contribution in [2.75, 3.05) is 25.0 Å². The van der Waals surface area contributed by atoms with Crippen LogP contribution in [0.2, 0.25) is 0 Å². The molecule has 2 aromatic rings. The summed E-state index contributed by atoms with van der Waals surface area (Å²) < 4.78 is 1.09. The van der Waals surface area contributed by atoms with Crippen molar-refractivity contribution in [2.24, 2.45) is 5.73 Å². The van der Waals surface area contributed by atoms with Crippen LogP contribution in [0.15, 0.2) is 34.9 Å². The van der Waals surface area contributed by atoms with Crippen molar-refractivity contribution in [2.45, 2.75) is 0 Å². The largest absolute Gasteiger partial charge is 0.358 e. The van der Waals surface area contributed by atoms with E-state index in [0.717, 1.165) is 22.2 Å². The minimum absolute atomic E-state index is 0.628. The van der Waals surface area contributed by atoms with Gasteiger partial charge in [0, 0.05) is 41.6 Å². The summed E-state index contributed by atoms with van der Waals surface area (Å²) >= 11 is 3.55. The van der Waals surface area contributed by atoms with Crippen LogP contribution in [0.4, 0.5) is 5.82 Å². The Morgan fingerprint density at radius 2 is 2.12 bits per heavy atom. The molecule has 0 amide bonds. The highest BCUT2D eigenvalue weighted by atomic mass is 79.9. The van der Waals surface area contributed by atoms with Gasteiger partial charge in [-0.1, -0.05) is 28.1 Å². The molecule has 0 aliphatic rings. The van der Waals surface area contributed by atoms with Gasteiger partial charge in [0.25, 0.3) is 0 Å². The summed E-state index contributed by atoms with van der Waals surface area (Å²) in [5.74, 6) is 0.976. The molecular formula is C12H14BrN3. The average Bonchev–Trinajstić information content (AvgIpc) is 2.29. The maximum absolute atomic E-state index is 5.56. The normalized spacial score (nSPS) is 10.7. The monoisotopic (exact) mass is 279 g/mol. The zero-order valence-electron chi connectivity index (χ0n) is 9.15. The van der Waals surface area contributed by atoms with Gasteiger partial charge in [-0.05, 0) is 12.1 Å². The number of benzene rings is 1. The maximum atomic E-state index is 5.56. The summed E-state index contributed by atoms with van der Waals surface area (Å²) in [6, 6.07) is 8.15. The van der Waals surface area contributed by atoms with Crippen LogP contribution < -0.4 is 10.6 Å². The molecule has 84 valence electrons. The zero-order chi connectivity index (χ0) is 11.5. The van der Waals surface area contributed by atoms with Crippen LogP contribution in [-0.2, 0) is 0 Å². The summed E-state index contributed by atoms with van der Waals surface area (Å²) in [6.45, 7) is 1.43. The number of nitrogens with zero attached hydrogens (tertiary/aromatic N) is 2. The summed E-state index contributed by atoms with van der Waals surface area (Å²) in [5, 5.41) is 2.32. The number of hydrogen-bond acceptors (Lipinski definition) is 3. The molecule has 1 heterocycles. The van der Waals surface area contributed by atoms with Crippen LogP contribution in [0.25, 0.3) is 10.8 Å².